The van der Waals surface area contributed by atoms with Gasteiger partial charge >= 0.3 is 0 Å². The Morgan fingerprint density at radius 3 is 3.05 bits per heavy atom. The second kappa shape index (κ2) is 4.87. The third-order valence-electron chi connectivity index (χ3n) is 4.81. The van der Waals surface area contributed by atoms with Gasteiger partial charge in [0.15, 0.2) is 0 Å². The smallest absolute Gasteiger partial charge is 0.257 e. The Hall–Kier alpha value is -2.30. The molecular weight excluding hydrogens is 278 g/mol. The van der Waals surface area contributed by atoms with Crippen molar-refractivity contribution in [3.63, 3.8) is 0 Å². The molecule has 1 atom stereocenters. The molecule has 1 saturated heterocycles. The van der Waals surface area contributed by atoms with Crippen molar-refractivity contribution in [1.82, 2.24) is 15.1 Å². The van der Waals surface area contributed by atoms with Crippen molar-refractivity contribution >= 4 is 5.91 Å². The summed E-state index contributed by atoms with van der Waals surface area (Å²) in [5, 5.41) is 6.77. The predicted molar refractivity (Wildman–Crippen MR) is 82.0 cm³/mol. The van der Waals surface area contributed by atoms with Gasteiger partial charge in [0.05, 0.1) is 18.3 Å². The van der Waals surface area contributed by atoms with Gasteiger partial charge in [-0.25, -0.2) is 0 Å². The normalized spacial score (nSPS) is 23.4. The third-order valence-corrected chi connectivity index (χ3v) is 4.81. The van der Waals surface area contributed by atoms with Gasteiger partial charge in [-0.2, -0.15) is 5.10 Å². The second-order valence-electron chi connectivity index (χ2n) is 6.28. The highest BCUT2D eigenvalue weighted by Gasteiger charge is 2.44. The fraction of sp³-hybridized carbons (Fsp3) is 0.412. The number of aryl methyl sites for hydroxylation is 2. The van der Waals surface area contributed by atoms with E-state index in [2.05, 4.69) is 16.3 Å². The van der Waals surface area contributed by atoms with E-state index in [-0.39, 0.29) is 11.5 Å². The lowest BCUT2D eigenvalue weighted by Gasteiger charge is -2.35. The van der Waals surface area contributed by atoms with Gasteiger partial charge in [-0.1, -0.05) is 18.2 Å². The van der Waals surface area contributed by atoms with Crippen molar-refractivity contribution in [3.8, 4) is 5.75 Å². The van der Waals surface area contributed by atoms with Crippen LogP contribution in [0.25, 0.3) is 0 Å². The van der Waals surface area contributed by atoms with Gasteiger partial charge in [0.25, 0.3) is 5.91 Å². The molecule has 1 unspecified atom stereocenters. The van der Waals surface area contributed by atoms with Crippen molar-refractivity contribution in [2.24, 2.45) is 0 Å². The highest BCUT2D eigenvalue weighted by molar-refractivity contribution is 5.95. The molecule has 0 radical (unpaired) electrons. The van der Waals surface area contributed by atoms with Gasteiger partial charge in [0.2, 0.25) is 0 Å². The Morgan fingerprint density at radius 1 is 1.36 bits per heavy atom. The van der Waals surface area contributed by atoms with E-state index in [0.717, 1.165) is 37.3 Å². The summed E-state index contributed by atoms with van der Waals surface area (Å²) >= 11 is 0. The molecule has 5 nitrogen and oxygen atoms in total. The molecule has 3 heterocycles. The number of carbonyl (C=O) groups is 1. The minimum absolute atomic E-state index is 0.0468. The topological polar surface area (TPSA) is 58.2 Å². The Kier molecular flexibility index (Phi) is 2.96. The van der Waals surface area contributed by atoms with E-state index in [1.54, 1.807) is 6.20 Å². The summed E-state index contributed by atoms with van der Waals surface area (Å²) in [6, 6.07) is 8.20. The predicted octanol–water partition coefficient (Wildman–Crippen LogP) is 2.33. The zero-order valence-corrected chi connectivity index (χ0v) is 12.6. The van der Waals surface area contributed by atoms with Crippen LogP contribution in [-0.2, 0) is 6.42 Å². The quantitative estimate of drug-likeness (QED) is 0.879. The summed E-state index contributed by atoms with van der Waals surface area (Å²) in [4.78, 5) is 14.5. The maximum absolute atomic E-state index is 12.6. The lowest BCUT2D eigenvalue weighted by atomic mass is 9.90. The van der Waals surface area contributed by atoms with E-state index in [4.69, 9.17) is 4.74 Å². The number of benzene rings is 1. The van der Waals surface area contributed by atoms with Crippen molar-refractivity contribution in [3.05, 3.63) is 47.3 Å². The highest BCUT2D eigenvalue weighted by Crippen LogP contribution is 2.38. The van der Waals surface area contributed by atoms with Crippen LogP contribution in [0.1, 0.15) is 34.5 Å². The summed E-state index contributed by atoms with van der Waals surface area (Å²) in [5.74, 6) is 1.02. The maximum atomic E-state index is 12.6. The SMILES string of the molecule is Cc1[nH]ncc1C(=O)N1CCC2(CCc3ccccc3O2)C1. The number of fused-ring (bicyclic) bond motifs is 1. The molecule has 1 fully saturated rings. The number of nitrogens with one attached hydrogen (secondary N) is 1. The van der Waals surface area contributed by atoms with Crippen LogP contribution in [-0.4, -0.2) is 39.7 Å². The lowest BCUT2D eigenvalue weighted by Crippen LogP contribution is -2.43. The third kappa shape index (κ3) is 2.08. The number of rotatable bonds is 1. The van der Waals surface area contributed by atoms with Gasteiger partial charge in [0, 0.05) is 18.7 Å². The Morgan fingerprint density at radius 2 is 2.23 bits per heavy atom. The van der Waals surface area contributed by atoms with Crippen LogP contribution in [0, 0.1) is 6.92 Å². The van der Waals surface area contributed by atoms with Crippen LogP contribution in [0.5, 0.6) is 5.75 Å². The number of nitrogens with zero attached hydrogens (tertiary/aromatic N) is 2. The molecule has 0 bridgehead atoms. The van der Waals surface area contributed by atoms with Gasteiger partial charge in [-0.05, 0) is 31.4 Å². The molecule has 1 amide bonds. The molecule has 2 aliphatic heterocycles. The molecule has 1 aromatic heterocycles. The van der Waals surface area contributed by atoms with E-state index in [1.807, 2.05) is 30.0 Å². The van der Waals surface area contributed by atoms with Gasteiger partial charge in [-0.15, -0.1) is 0 Å². The number of ether oxygens (including phenoxy) is 1. The number of hydrogen-bond donors (Lipinski definition) is 1. The highest BCUT2D eigenvalue weighted by atomic mass is 16.5. The zero-order chi connectivity index (χ0) is 15.2. The molecule has 0 aliphatic carbocycles. The van der Waals surface area contributed by atoms with E-state index in [1.165, 1.54) is 5.56 Å². The summed E-state index contributed by atoms with van der Waals surface area (Å²) in [7, 11) is 0. The largest absolute Gasteiger partial charge is 0.485 e. The van der Waals surface area contributed by atoms with Gasteiger partial charge in [-0.3, -0.25) is 9.89 Å². The number of aromatic amines is 1. The molecule has 22 heavy (non-hydrogen) atoms. The fourth-order valence-corrected chi connectivity index (χ4v) is 3.50. The molecule has 1 aromatic carbocycles. The van der Waals surface area contributed by atoms with Crippen LogP contribution in [0.3, 0.4) is 0 Å². The Labute approximate surface area is 129 Å². The lowest BCUT2D eigenvalue weighted by molar-refractivity contribution is 0.0484. The first kappa shape index (κ1) is 13.4. The molecule has 0 saturated carbocycles. The first-order chi connectivity index (χ1) is 10.7. The van der Waals surface area contributed by atoms with Crippen molar-refractivity contribution in [2.45, 2.75) is 31.8 Å². The Bertz CT molecular complexity index is 724. The molecule has 114 valence electrons. The number of amides is 1. The van der Waals surface area contributed by atoms with E-state index in [9.17, 15) is 4.79 Å². The molecule has 2 aromatic rings. The van der Waals surface area contributed by atoms with E-state index in [0.29, 0.717) is 12.1 Å². The van der Waals surface area contributed by atoms with E-state index < -0.39 is 0 Å². The summed E-state index contributed by atoms with van der Waals surface area (Å²) < 4.78 is 6.29. The van der Waals surface area contributed by atoms with Gasteiger partial charge < -0.3 is 9.64 Å². The molecule has 4 rings (SSSR count). The fourth-order valence-electron chi connectivity index (χ4n) is 3.50. The first-order valence-electron chi connectivity index (χ1n) is 7.73. The van der Waals surface area contributed by atoms with E-state index >= 15 is 0 Å². The molecule has 5 heteroatoms. The average Bonchev–Trinajstić information content (AvgIpc) is 3.14. The summed E-state index contributed by atoms with van der Waals surface area (Å²) in [6.07, 6.45) is 4.49. The van der Waals surface area contributed by atoms with Crippen molar-refractivity contribution < 1.29 is 9.53 Å². The minimum Gasteiger partial charge on any atom is -0.485 e. The number of aromatic nitrogens is 2. The number of para-hydroxylation sites is 1. The van der Waals surface area contributed by atoms with Crippen molar-refractivity contribution in [2.75, 3.05) is 13.1 Å². The monoisotopic (exact) mass is 297 g/mol. The number of likely N-dealkylation sites (tertiary alicyclic amines) is 1. The molecule has 2 aliphatic rings. The van der Waals surface area contributed by atoms with Crippen LogP contribution < -0.4 is 4.74 Å². The van der Waals surface area contributed by atoms with Crippen LogP contribution in [0.4, 0.5) is 0 Å². The summed E-state index contributed by atoms with van der Waals surface area (Å²) in [5.41, 5.74) is 2.53. The maximum Gasteiger partial charge on any atom is 0.257 e. The number of H-pyrrole nitrogens is 1. The number of carbonyl (C=O) groups excluding carboxylic acids is 1. The average molecular weight is 297 g/mol. The van der Waals surface area contributed by atoms with Gasteiger partial charge in [0.1, 0.15) is 11.4 Å². The number of hydrogen-bond acceptors (Lipinski definition) is 3. The first-order valence-corrected chi connectivity index (χ1v) is 7.73. The molecular formula is C17H19N3O2. The van der Waals surface area contributed by atoms with Crippen molar-refractivity contribution in [1.29, 1.82) is 0 Å². The molecule has 1 spiro atoms. The van der Waals surface area contributed by atoms with Crippen LogP contribution >= 0.6 is 0 Å². The standard InChI is InChI=1S/C17H19N3O2/c1-12-14(10-18-19-12)16(21)20-9-8-17(11-20)7-6-13-4-2-3-5-15(13)22-17/h2-5,10H,6-9,11H2,1H3,(H,18,19). The van der Waals surface area contributed by atoms with Crippen LogP contribution in [0.15, 0.2) is 30.5 Å². The minimum atomic E-state index is -0.221. The molecule has 1 N–H and O–H groups in total. The zero-order valence-electron chi connectivity index (χ0n) is 12.6. The van der Waals surface area contributed by atoms with Crippen LogP contribution in [0.2, 0.25) is 0 Å². The second-order valence-corrected chi connectivity index (χ2v) is 6.28. The Balaban J connectivity index is 1.54. The summed E-state index contributed by atoms with van der Waals surface area (Å²) in [6.45, 7) is 3.27.